The lowest BCUT2D eigenvalue weighted by atomic mass is 9.72. The van der Waals surface area contributed by atoms with Gasteiger partial charge in [0.2, 0.25) is 6.79 Å². The number of nitro benzene ring substituents is 1. The van der Waals surface area contributed by atoms with Crippen molar-refractivity contribution in [3.05, 3.63) is 93.1 Å². The van der Waals surface area contributed by atoms with Crippen LogP contribution in [0, 0.1) is 15.5 Å². The van der Waals surface area contributed by atoms with Crippen LogP contribution >= 0.6 is 0 Å². The number of non-ortho nitro benzene ring substituents is 1. The fourth-order valence-electron chi connectivity index (χ4n) is 3.81. The number of rotatable bonds is 9. The highest BCUT2D eigenvalue weighted by molar-refractivity contribution is 5.83. The summed E-state index contributed by atoms with van der Waals surface area (Å²) in [5.74, 6) is -0.617. The Morgan fingerprint density at radius 3 is 2.42 bits per heavy atom. The van der Waals surface area contributed by atoms with E-state index in [0.717, 1.165) is 12.0 Å². The van der Waals surface area contributed by atoms with E-state index in [4.69, 9.17) is 9.47 Å². The first-order valence-corrected chi connectivity index (χ1v) is 11.7. The van der Waals surface area contributed by atoms with E-state index >= 15 is 0 Å². The summed E-state index contributed by atoms with van der Waals surface area (Å²) in [6.07, 6.45) is 13.7. The Hall–Kier alpha value is -3.94. The van der Waals surface area contributed by atoms with Gasteiger partial charge in [-0.3, -0.25) is 10.1 Å². The molecule has 1 aromatic rings. The van der Waals surface area contributed by atoms with Crippen molar-refractivity contribution in [1.82, 2.24) is 0 Å². The number of nitro groups is 1. The summed E-state index contributed by atoms with van der Waals surface area (Å²) < 4.78 is 14.4. The highest BCUT2D eigenvalue weighted by Gasteiger charge is 2.26. The Morgan fingerprint density at radius 2 is 1.78 bits per heavy atom. The maximum atomic E-state index is 11.9. The van der Waals surface area contributed by atoms with Gasteiger partial charge in [0.25, 0.3) is 5.69 Å². The van der Waals surface area contributed by atoms with E-state index in [1.54, 1.807) is 13.0 Å². The molecule has 0 heterocycles. The van der Waals surface area contributed by atoms with Crippen molar-refractivity contribution >= 4 is 17.8 Å². The highest BCUT2D eigenvalue weighted by Crippen LogP contribution is 2.40. The molecule has 1 aliphatic rings. The maximum absolute atomic E-state index is 11.9. The molecule has 0 spiro atoms. The summed E-state index contributed by atoms with van der Waals surface area (Å²) in [5.41, 5.74) is 4.66. The molecule has 192 valence electrons. The third kappa shape index (κ3) is 9.37. The first kappa shape index (κ1) is 28.3. The predicted molar refractivity (Wildman–Crippen MR) is 137 cm³/mol. The Balaban J connectivity index is 1.78. The topological polar surface area (TPSA) is 105 Å². The zero-order chi connectivity index (χ0) is 26.7. The summed E-state index contributed by atoms with van der Waals surface area (Å²) in [5, 5.41) is 10.6. The molecule has 0 atom stereocenters. The molecule has 0 saturated heterocycles. The average molecular weight is 496 g/mol. The fourth-order valence-corrected chi connectivity index (χ4v) is 3.81. The van der Waals surface area contributed by atoms with E-state index in [1.807, 2.05) is 19.1 Å². The van der Waals surface area contributed by atoms with Crippen molar-refractivity contribution in [1.29, 1.82) is 0 Å². The Bertz CT molecular complexity index is 1120. The van der Waals surface area contributed by atoms with Gasteiger partial charge in [-0.1, -0.05) is 55.4 Å². The maximum Gasteiger partial charge on any atom is 0.516 e. The number of hydrogen-bond acceptors (Lipinski definition) is 7. The normalized spacial score (nSPS) is 16.4. The molecule has 0 saturated carbocycles. The molecule has 1 aliphatic carbocycles. The third-order valence-corrected chi connectivity index (χ3v) is 5.75. The minimum Gasteiger partial charge on any atom is -0.425 e. The molecular weight excluding hydrogens is 462 g/mol. The molecule has 0 amide bonds. The summed E-state index contributed by atoms with van der Waals surface area (Å²) in [4.78, 5) is 33.6. The molecule has 0 aliphatic heterocycles. The third-order valence-electron chi connectivity index (χ3n) is 5.75. The Morgan fingerprint density at radius 1 is 1.08 bits per heavy atom. The number of allylic oxidation sites excluding steroid dienone is 9. The van der Waals surface area contributed by atoms with Crippen LogP contribution < -0.4 is 4.74 Å². The molecule has 36 heavy (non-hydrogen) atoms. The van der Waals surface area contributed by atoms with Crippen LogP contribution in [0.4, 0.5) is 10.5 Å². The number of hydrogen-bond donors (Lipinski definition) is 0. The zero-order valence-electron chi connectivity index (χ0n) is 21.4. The molecule has 0 bridgehead atoms. The van der Waals surface area contributed by atoms with E-state index in [2.05, 4.69) is 37.7 Å². The van der Waals surface area contributed by atoms with Crippen LogP contribution in [-0.4, -0.2) is 23.8 Å². The van der Waals surface area contributed by atoms with E-state index in [1.165, 1.54) is 54.3 Å². The molecule has 1 aromatic carbocycles. The number of benzene rings is 1. The SMILES string of the molecule is CC(C=CC1=C(C)CCCC1(C)C)=CC=CC(C)=CC(=O)OCOC(=O)Oc1ccc([N+](=O)[O-])cc1. The van der Waals surface area contributed by atoms with Crippen molar-refractivity contribution in [3.63, 3.8) is 0 Å². The number of carbonyl (C=O) groups excluding carboxylic acids is 2. The quantitative estimate of drug-likeness (QED) is 0.0681. The first-order valence-electron chi connectivity index (χ1n) is 11.7. The van der Waals surface area contributed by atoms with Gasteiger partial charge in [-0.05, 0) is 68.7 Å². The van der Waals surface area contributed by atoms with Gasteiger partial charge in [-0.15, -0.1) is 0 Å². The lowest BCUT2D eigenvalue weighted by Gasteiger charge is -2.32. The summed E-state index contributed by atoms with van der Waals surface area (Å²) in [7, 11) is 0. The standard InChI is InChI=1S/C28H33NO7/c1-20(11-16-25-22(3)10-7-17-28(25,4)5)8-6-9-21(2)18-26(30)34-19-35-27(31)36-24-14-12-23(13-15-24)29(32)33/h6,8-9,11-16,18H,7,10,17,19H2,1-5H3. The van der Waals surface area contributed by atoms with Gasteiger partial charge in [0.15, 0.2) is 0 Å². The van der Waals surface area contributed by atoms with E-state index < -0.39 is 23.8 Å². The minimum atomic E-state index is -1.10. The lowest BCUT2D eigenvalue weighted by Crippen LogP contribution is -2.19. The molecule has 0 fully saturated rings. The van der Waals surface area contributed by atoms with Gasteiger partial charge in [-0.25, -0.2) is 9.59 Å². The minimum absolute atomic E-state index is 0.0605. The molecule has 8 nitrogen and oxygen atoms in total. The average Bonchev–Trinajstić information content (AvgIpc) is 2.78. The molecule has 8 heteroatoms. The molecular formula is C28H33NO7. The number of esters is 1. The first-order chi connectivity index (χ1) is 17.0. The van der Waals surface area contributed by atoms with Crippen LogP contribution in [0.2, 0.25) is 0 Å². The molecule has 0 radical (unpaired) electrons. The van der Waals surface area contributed by atoms with Crippen molar-refractivity contribution in [2.45, 2.75) is 53.9 Å². The second-order valence-electron chi connectivity index (χ2n) is 9.25. The van der Waals surface area contributed by atoms with Crippen LogP contribution in [-0.2, 0) is 14.3 Å². The summed E-state index contributed by atoms with van der Waals surface area (Å²) in [6.45, 7) is 9.92. The van der Waals surface area contributed by atoms with Crippen molar-refractivity contribution in [3.8, 4) is 5.75 Å². The molecule has 2 rings (SSSR count). The Labute approximate surface area is 211 Å². The zero-order valence-corrected chi connectivity index (χ0v) is 21.4. The highest BCUT2D eigenvalue weighted by atomic mass is 16.8. The van der Waals surface area contributed by atoms with Gasteiger partial charge in [0.05, 0.1) is 4.92 Å². The largest absolute Gasteiger partial charge is 0.516 e. The van der Waals surface area contributed by atoms with Gasteiger partial charge in [0, 0.05) is 18.2 Å². The van der Waals surface area contributed by atoms with Crippen LogP contribution in [0.3, 0.4) is 0 Å². The predicted octanol–water partition coefficient (Wildman–Crippen LogP) is 7.14. The van der Waals surface area contributed by atoms with Crippen LogP contribution in [0.1, 0.15) is 53.9 Å². The van der Waals surface area contributed by atoms with Gasteiger partial charge in [0.1, 0.15) is 5.75 Å². The van der Waals surface area contributed by atoms with Gasteiger partial charge >= 0.3 is 12.1 Å². The number of ether oxygens (including phenoxy) is 3. The van der Waals surface area contributed by atoms with Crippen LogP contribution in [0.15, 0.2) is 83.0 Å². The molecule has 0 unspecified atom stereocenters. The number of nitrogens with zero attached hydrogens (tertiary/aromatic N) is 1. The van der Waals surface area contributed by atoms with Crippen LogP contribution in [0.5, 0.6) is 5.75 Å². The fraction of sp³-hybridized carbons (Fsp3) is 0.357. The summed E-state index contributed by atoms with van der Waals surface area (Å²) >= 11 is 0. The van der Waals surface area contributed by atoms with E-state index in [0.29, 0.717) is 5.57 Å². The van der Waals surface area contributed by atoms with Crippen molar-refractivity contribution in [2.75, 3.05) is 6.79 Å². The number of carbonyl (C=O) groups is 2. The van der Waals surface area contributed by atoms with Gasteiger partial charge < -0.3 is 14.2 Å². The van der Waals surface area contributed by atoms with Gasteiger partial charge in [-0.2, -0.15) is 0 Å². The second-order valence-corrected chi connectivity index (χ2v) is 9.25. The second kappa shape index (κ2) is 13.2. The van der Waals surface area contributed by atoms with E-state index in [-0.39, 0.29) is 16.9 Å². The summed E-state index contributed by atoms with van der Waals surface area (Å²) in [6, 6.07) is 4.88. The smallest absolute Gasteiger partial charge is 0.425 e. The van der Waals surface area contributed by atoms with Crippen molar-refractivity contribution in [2.24, 2.45) is 5.41 Å². The molecule has 0 aromatic heterocycles. The van der Waals surface area contributed by atoms with E-state index in [9.17, 15) is 19.7 Å². The monoisotopic (exact) mass is 495 g/mol. The lowest BCUT2D eigenvalue weighted by molar-refractivity contribution is -0.384. The molecule has 0 N–H and O–H groups in total. The Kier molecular flexibility index (Phi) is 10.4. The van der Waals surface area contributed by atoms with Crippen LogP contribution in [0.25, 0.3) is 0 Å². The van der Waals surface area contributed by atoms with Crippen molar-refractivity contribution < 1.29 is 28.7 Å².